The Hall–Kier alpha value is -2.35. The maximum absolute atomic E-state index is 13.8. The summed E-state index contributed by atoms with van der Waals surface area (Å²) >= 11 is 1.30. The number of fused-ring (bicyclic) bond motifs is 1. The number of aromatic nitrogens is 3. The molecule has 8 heteroatoms. The van der Waals surface area contributed by atoms with Crippen LogP contribution in [0, 0.1) is 11.6 Å². The molecule has 0 saturated carbocycles. The van der Waals surface area contributed by atoms with Gasteiger partial charge in [-0.05, 0) is 6.07 Å². The van der Waals surface area contributed by atoms with Crippen molar-refractivity contribution in [3.05, 3.63) is 42.4 Å². The first-order valence-corrected chi connectivity index (χ1v) is 7.93. The van der Waals surface area contributed by atoms with Crippen LogP contribution >= 0.6 is 11.3 Å². The molecule has 0 radical (unpaired) electrons. The molecular weight excluding hydrogens is 320 g/mol. The first-order chi connectivity index (χ1) is 11.1. The van der Waals surface area contributed by atoms with Crippen LogP contribution in [0.25, 0.3) is 10.2 Å². The molecule has 3 aromatic rings. The number of hydrogen-bond donors (Lipinski definition) is 0. The molecule has 23 heavy (non-hydrogen) atoms. The first kappa shape index (κ1) is 14.3. The standard InChI is InChI=1S/C15H13F2N5S/c1-21(10-7-22(8-10)13-6-18-2-3-19-13)15-20-14-11(17)4-9(16)5-12(14)23-15/h2-6,10H,7-8H2,1H3. The highest BCUT2D eigenvalue weighted by molar-refractivity contribution is 7.22. The fourth-order valence-corrected chi connectivity index (χ4v) is 3.63. The molecule has 1 aliphatic heterocycles. The Morgan fingerprint density at radius 3 is 2.83 bits per heavy atom. The van der Waals surface area contributed by atoms with E-state index in [0.29, 0.717) is 9.83 Å². The third-order valence-electron chi connectivity index (χ3n) is 3.99. The number of benzene rings is 1. The lowest BCUT2D eigenvalue weighted by molar-refractivity contribution is 0.491. The molecule has 0 spiro atoms. The molecule has 0 bridgehead atoms. The van der Waals surface area contributed by atoms with Crippen LogP contribution in [0.15, 0.2) is 30.7 Å². The van der Waals surface area contributed by atoms with Gasteiger partial charge in [-0.25, -0.2) is 18.7 Å². The molecule has 1 fully saturated rings. The summed E-state index contributed by atoms with van der Waals surface area (Å²) in [5.74, 6) is -0.356. The molecule has 4 rings (SSSR count). The highest BCUT2D eigenvalue weighted by Crippen LogP contribution is 2.33. The average Bonchev–Trinajstić information content (AvgIpc) is 2.91. The van der Waals surface area contributed by atoms with Crippen LogP contribution in [0.3, 0.4) is 0 Å². The minimum Gasteiger partial charge on any atom is -0.351 e. The lowest BCUT2D eigenvalue weighted by atomic mass is 10.1. The van der Waals surface area contributed by atoms with E-state index >= 15 is 0 Å². The van der Waals surface area contributed by atoms with Gasteiger partial charge in [0, 0.05) is 38.6 Å². The average molecular weight is 333 g/mol. The van der Waals surface area contributed by atoms with E-state index in [9.17, 15) is 8.78 Å². The molecule has 0 atom stereocenters. The number of rotatable bonds is 3. The van der Waals surface area contributed by atoms with Gasteiger partial charge in [0.05, 0.1) is 16.9 Å². The summed E-state index contributed by atoms with van der Waals surface area (Å²) in [6, 6.07) is 2.44. The summed E-state index contributed by atoms with van der Waals surface area (Å²) in [5, 5.41) is 0.688. The monoisotopic (exact) mass is 333 g/mol. The molecule has 0 amide bonds. The number of anilines is 2. The Labute approximate surface area is 135 Å². The van der Waals surface area contributed by atoms with E-state index in [1.807, 2.05) is 11.9 Å². The Morgan fingerprint density at radius 2 is 2.09 bits per heavy atom. The molecule has 2 aromatic heterocycles. The Kier molecular flexibility index (Phi) is 3.33. The van der Waals surface area contributed by atoms with Gasteiger partial charge >= 0.3 is 0 Å². The number of likely N-dealkylation sites (N-methyl/N-ethyl adjacent to an activating group) is 1. The van der Waals surface area contributed by atoms with Crippen LogP contribution in [0.5, 0.6) is 0 Å². The maximum Gasteiger partial charge on any atom is 0.186 e. The van der Waals surface area contributed by atoms with Crippen LogP contribution < -0.4 is 9.80 Å². The van der Waals surface area contributed by atoms with Crippen molar-refractivity contribution in [3.8, 4) is 0 Å². The SMILES string of the molecule is CN(c1nc2c(F)cc(F)cc2s1)C1CN(c2cnccn2)C1. The minimum absolute atomic E-state index is 0.225. The largest absolute Gasteiger partial charge is 0.351 e. The fourth-order valence-electron chi connectivity index (χ4n) is 2.59. The maximum atomic E-state index is 13.8. The van der Waals surface area contributed by atoms with Crippen molar-refractivity contribution in [1.29, 1.82) is 0 Å². The highest BCUT2D eigenvalue weighted by Gasteiger charge is 2.32. The molecule has 1 aliphatic rings. The summed E-state index contributed by atoms with van der Waals surface area (Å²) in [6.45, 7) is 1.59. The van der Waals surface area contributed by atoms with Gasteiger partial charge in [0.1, 0.15) is 17.2 Å². The summed E-state index contributed by atoms with van der Waals surface area (Å²) in [4.78, 5) is 16.8. The lowest BCUT2D eigenvalue weighted by Crippen LogP contribution is -2.59. The van der Waals surface area contributed by atoms with Crippen LogP contribution in [-0.2, 0) is 0 Å². The molecule has 0 aliphatic carbocycles. The van der Waals surface area contributed by atoms with E-state index in [4.69, 9.17) is 0 Å². The van der Waals surface area contributed by atoms with E-state index in [1.54, 1.807) is 18.6 Å². The van der Waals surface area contributed by atoms with Gasteiger partial charge in [0.2, 0.25) is 0 Å². The predicted molar refractivity (Wildman–Crippen MR) is 86.0 cm³/mol. The lowest BCUT2D eigenvalue weighted by Gasteiger charge is -2.44. The fraction of sp³-hybridized carbons (Fsp3) is 0.267. The van der Waals surface area contributed by atoms with Gasteiger partial charge in [-0.2, -0.15) is 0 Å². The summed E-state index contributed by atoms with van der Waals surface area (Å²) in [5.41, 5.74) is 0.225. The number of halogens is 2. The molecular formula is C15H13F2N5S. The van der Waals surface area contributed by atoms with Gasteiger partial charge in [-0.1, -0.05) is 11.3 Å². The molecule has 1 aromatic carbocycles. The van der Waals surface area contributed by atoms with Crippen molar-refractivity contribution < 1.29 is 8.78 Å². The molecule has 1 saturated heterocycles. The zero-order valence-electron chi connectivity index (χ0n) is 12.3. The van der Waals surface area contributed by atoms with E-state index in [1.165, 1.54) is 17.4 Å². The molecule has 5 nitrogen and oxygen atoms in total. The number of thiazole rings is 1. The third-order valence-corrected chi connectivity index (χ3v) is 5.08. The predicted octanol–water partition coefficient (Wildman–Crippen LogP) is 2.69. The zero-order valence-corrected chi connectivity index (χ0v) is 13.1. The van der Waals surface area contributed by atoms with Crippen LogP contribution in [0.1, 0.15) is 0 Å². The second-order valence-corrected chi connectivity index (χ2v) is 6.47. The Bertz CT molecular complexity index is 848. The van der Waals surface area contributed by atoms with Gasteiger partial charge in [0.25, 0.3) is 0 Å². The second-order valence-electron chi connectivity index (χ2n) is 5.46. The van der Waals surface area contributed by atoms with E-state index < -0.39 is 11.6 Å². The zero-order chi connectivity index (χ0) is 16.0. The summed E-state index contributed by atoms with van der Waals surface area (Å²) < 4.78 is 27.6. The van der Waals surface area contributed by atoms with Crippen molar-refractivity contribution in [2.45, 2.75) is 6.04 Å². The highest BCUT2D eigenvalue weighted by atomic mass is 32.1. The molecule has 118 valence electrons. The van der Waals surface area contributed by atoms with Crippen molar-refractivity contribution in [3.63, 3.8) is 0 Å². The van der Waals surface area contributed by atoms with Gasteiger partial charge in [0.15, 0.2) is 10.9 Å². The topological polar surface area (TPSA) is 45.2 Å². The van der Waals surface area contributed by atoms with Crippen LogP contribution in [0.2, 0.25) is 0 Å². The molecule has 3 heterocycles. The van der Waals surface area contributed by atoms with E-state index in [-0.39, 0.29) is 11.6 Å². The van der Waals surface area contributed by atoms with Crippen molar-refractivity contribution in [2.24, 2.45) is 0 Å². The summed E-state index contributed by atoms with van der Waals surface area (Å²) in [6.07, 6.45) is 5.03. The number of nitrogens with zero attached hydrogens (tertiary/aromatic N) is 5. The Morgan fingerprint density at radius 1 is 1.26 bits per heavy atom. The van der Waals surface area contributed by atoms with E-state index in [2.05, 4.69) is 19.9 Å². The number of hydrogen-bond acceptors (Lipinski definition) is 6. The third kappa shape index (κ3) is 2.48. The second kappa shape index (κ2) is 5.38. The molecule has 0 N–H and O–H groups in total. The van der Waals surface area contributed by atoms with Crippen molar-refractivity contribution in [1.82, 2.24) is 15.0 Å². The first-order valence-electron chi connectivity index (χ1n) is 7.11. The van der Waals surface area contributed by atoms with Crippen LogP contribution in [-0.4, -0.2) is 41.1 Å². The van der Waals surface area contributed by atoms with Gasteiger partial charge in [-0.3, -0.25) is 4.98 Å². The smallest absolute Gasteiger partial charge is 0.186 e. The Balaban J connectivity index is 1.52. The minimum atomic E-state index is -0.620. The van der Waals surface area contributed by atoms with Gasteiger partial charge in [-0.15, -0.1) is 0 Å². The molecule has 0 unspecified atom stereocenters. The van der Waals surface area contributed by atoms with Crippen molar-refractivity contribution >= 4 is 32.5 Å². The van der Waals surface area contributed by atoms with Crippen LogP contribution in [0.4, 0.5) is 19.7 Å². The summed E-state index contributed by atoms with van der Waals surface area (Å²) in [7, 11) is 1.92. The van der Waals surface area contributed by atoms with E-state index in [0.717, 1.165) is 25.0 Å². The van der Waals surface area contributed by atoms with Crippen molar-refractivity contribution in [2.75, 3.05) is 29.9 Å². The quantitative estimate of drug-likeness (QED) is 0.737. The van der Waals surface area contributed by atoms with Gasteiger partial charge < -0.3 is 9.80 Å². The normalized spacial score (nSPS) is 15.0.